The summed E-state index contributed by atoms with van der Waals surface area (Å²) >= 11 is 0. The van der Waals surface area contributed by atoms with E-state index in [0.717, 1.165) is 39.3 Å². The summed E-state index contributed by atoms with van der Waals surface area (Å²) in [7, 11) is 0. The molecule has 3 rings (SSSR count). The number of fused-ring (bicyclic) bond motifs is 1. The lowest BCUT2D eigenvalue weighted by Crippen LogP contribution is -2.33. The quantitative estimate of drug-likeness (QED) is 0.775. The Labute approximate surface area is 95.8 Å². The summed E-state index contributed by atoms with van der Waals surface area (Å²) in [4.78, 5) is 0. The maximum atomic E-state index is 5.76. The topological polar surface area (TPSA) is 30.5 Å². The summed E-state index contributed by atoms with van der Waals surface area (Å²) in [5.41, 5.74) is 4.06. The molecule has 1 aromatic carbocycles. The number of nitrogens with one attached hydrogen (secondary N) is 1. The zero-order valence-corrected chi connectivity index (χ0v) is 9.37. The molecule has 1 saturated heterocycles. The third-order valence-corrected chi connectivity index (χ3v) is 3.30. The maximum absolute atomic E-state index is 5.76. The molecule has 1 N–H and O–H groups in total. The minimum absolute atomic E-state index is 0.224. The molecule has 86 valence electrons. The average molecular weight is 219 g/mol. The molecule has 1 unspecified atom stereocenters. The van der Waals surface area contributed by atoms with Crippen molar-refractivity contribution in [2.75, 3.05) is 26.3 Å². The van der Waals surface area contributed by atoms with Crippen LogP contribution in [0.4, 0.5) is 0 Å². The maximum Gasteiger partial charge on any atom is 0.0949 e. The van der Waals surface area contributed by atoms with E-state index in [2.05, 4.69) is 23.5 Å². The van der Waals surface area contributed by atoms with Crippen LogP contribution in [-0.4, -0.2) is 26.3 Å². The third-order valence-electron chi connectivity index (χ3n) is 3.30. The second-order valence-electron chi connectivity index (χ2n) is 4.39. The molecule has 0 aliphatic carbocycles. The minimum Gasteiger partial charge on any atom is -0.376 e. The Bertz CT molecular complexity index is 372. The molecule has 0 amide bonds. The summed E-state index contributed by atoms with van der Waals surface area (Å²) in [5.74, 6) is 0. The van der Waals surface area contributed by atoms with Crippen molar-refractivity contribution in [3.63, 3.8) is 0 Å². The Morgan fingerprint density at radius 3 is 3.06 bits per heavy atom. The number of rotatable bonds is 1. The van der Waals surface area contributed by atoms with E-state index in [0.29, 0.717) is 0 Å². The number of hydrogen-bond acceptors (Lipinski definition) is 3. The van der Waals surface area contributed by atoms with Gasteiger partial charge in [0.2, 0.25) is 0 Å². The highest BCUT2D eigenvalue weighted by Crippen LogP contribution is 2.24. The van der Waals surface area contributed by atoms with E-state index < -0.39 is 0 Å². The van der Waals surface area contributed by atoms with Gasteiger partial charge < -0.3 is 14.8 Å². The van der Waals surface area contributed by atoms with Gasteiger partial charge in [-0.15, -0.1) is 0 Å². The van der Waals surface area contributed by atoms with Crippen LogP contribution >= 0.6 is 0 Å². The van der Waals surface area contributed by atoms with Gasteiger partial charge in [-0.25, -0.2) is 0 Å². The van der Waals surface area contributed by atoms with Crippen molar-refractivity contribution in [3.8, 4) is 0 Å². The van der Waals surface area contributed by atoms with E-state index in [1.54, 1.807) is 0 Å². The predicted molar refractivity (Wildman–Crippen MR) is 61.4 cm³/mol. The summed E-state index contributed by atoms with van der Waals surface area (Å²) in [6, 6.07) is 6.64. The summed E-state index contributed by atoms with van der Waals surface area (Å²) in [6.45, 7) is 4.31. The van der Waals surface area contributed by atoms with Crippen molar-refractivity contribution in [1.29, 1.82) is 0 Å². The fraction of sp³-hybridized carbons (Fsp3) is 0.538. The van der Waals surface area contributed by atoms with Gasteiger partial charge in [0.15, 0.2) is 0 Å². The Morgan fingerprint density at radius 2 is 2.19 bits per heavy atom. The molecular formula is C13H17NO2. The van der Waals surface area contributed by atoms with E-state index in [-0.39, 0.29) is 6.10 Å². The van der Waals surface area contributed by atoms with Crippen molar-refractivity contribution in [1.82, 2.24) is 5.32 Å². The summed E-state index contributed by atoms with van der Waals surface area (Å²) in [6.07, 6.45) is 1.26. The first-order valence-electron chi connectivity index (χ1n) is 5.95. The second kappa shape index (κ2) is 4.53. The first-order valence-corrected chi connectivity index (χ1v) is 5.95. The van der Waals surface area contributed by atoms with Gasteiger partial charge in [0, 0.05) is 13.1 Å². The van der Waals surface area contributed by atoms with Crippen LogP contribution in [-0.2, 0) is 22.5 Å². The summed E-state index contributed by atoms with van der Waals surface area (Å²) in [5, 5.41) is 3.36. The van der Waals surface area contributed by atoms with E-state index in [1.807, 2.05) is 0 Å². The fourth-order valence-corrected chi connectivity index (χ4v) is 2.36. The van der Waals surface area contributed by atoms with Gasteiger partial charge in [0.05, 0.1) is 25.9 Å². The van der Waals surface area contributed by atoms with Crippen molar-refractivity contribution in [2.45, 2.75) is 19.1 Å². The molecule has 1 aromatic rings. The number of hydrogen-bond donors (Lipinski definition) is 1. The lowest BCUT2D eigenvalue weighted by Gasteiger charge is -2.25. The monoisotopic (exact) mass is 219 g/mol. The van der Waals surface area contributed by atoms with Crippen molar-refractivity contribution in [2.24, 2.45) is 0 Å². The van der Waals surface area contributed by atoms with Crippen molar-refractivity contribution in [3.05, 3.63) is 34.9 Å². The van der Waals surface area contributed by atoms with Gasteiger partial charge in [0.25, 0.3) is 0 Å². The van der Waals surface area contributed by atoms with Crippen LogP contribution in [0.25, 0.3) is 0 Å². The van der Waals surface area contributed by atoms with Gasteiger partial charge in [0.1, 0.15) is 0 Å². The van der Waals surface area contributed by atoms with Crippen LogP contribution in [0.15, 0.2) is 18.2 Å². The second-order valence-corrected chi connectivity index (χ2v) is 4.39. The highest BCUT2D eigenvalue weighted by molar-refractivity contribution is 5.34. The molecule has 3 heteroatoms. The van der Waals surface area contributed by atoms with E-state index in [1.165, 1.54) is 16.7 Å². The molecule has 2 aliphatic rings. The van der Waals surface area contributed by atoms with Gasteiger partial charge in [-0.05, 0) is 23.1 Å². The molecule has 2 heterocycles. The normalized spacial score (nSPS) is 25.1. The zero-order chi connectivity index (χ0) is 10.8. The first kappa shape index (κ1) is 10.3. The molecular weight excluding hydrogens is 202 g/mol. The van der Waals surface area contributed by atoms with Crippen molar-refractivity contribution < 1.29 is 9.47 Å². The number of morpholine rings is 1. The van der Waals surface area contributed by atoms with Crippen LogP contribution < -0.4 is 5.32 Å². The molecule has 3 nitrogen and oxygen atoms in total. The predicted octanol–water partition coefficient (Wildman–Crippen LogP) is 1.42. The minimum atomic E-state index is 0.224. The molecule has 1 atom stereocenters. The van der Waals surface area contributed by atoms with Crippen LogP contribution in [0.2, 0.25) is 0 Å². The fourth-order valence-electron chi connectivity index (χ4n) is 2.36. The van der Waals surface area contributed by atoms with Crippen LogP contribution in [0.3, 0.4) is 0 Å². The lowest BCUT2D eigenvalue weighted by atomic mass is 9.97. The standard InChI is InChI=1S/C13H17NO2/c1-2-12-9-15-5-3-10(12)7-11(1)13-8-14-4-6-16-13/h1-2,7,13-14H,3-6,8-9H2. The Kier molecular flexibility index (Phi) is 2.91. The van der Waals surface area contributed by atoms with Crippen molar-refractivity contribution >= 4 is 0 Å². The summed E-state index contributed by atoms with van der Waals surface area (Å²) < 4.78 is 11.2. The highest BCUT2D eigenvalue weighted by atomic mass is 16.5. The lowest BCUT2D eigenvalue weighted by molar-refractivity contribution is 0.0275. The van der Waals surface area contributed by atoms with Crippen LogP contribution in [0, 0.1) is 0 Å². The van der Waals surface area contributed by atoms with Gasteiger partial charge in [-0.1, -0.05) is 18.2 Å². The van der Waals surface area contributed by atoms with Gasteiger partial charge in [-0.3, -0.25) is 0 Å². The van der Waals surface area contributed by atoms with Crippen LogP contribution in [0.5, 0.6) is 0 Å². The van der Waals surface area contributed by atoms with E-state index in [4.69, 9.17) is 9.47 Å². The number of benzene rings is 1. The molecule has 0 aromatic heterocycles. The van der Waals surface area contributed by atoms with Crippen LogP contribution in [0.1, 0.15) is 22.8 Å². The molecule has 2 aliphatic heterocycles. The molecule has 1 fully saturated rings. The molecule has 16 heavy (non-hydrogen) atoms. The average Bonchev–Trinajstić information content (AvgIpc) is 2.39. The Morgan fingerprint density at radius 1 is 1.19 bits per heavy atom. The third kappa shape index (κ3) is 1.98. The molecule has 0 bridgehead atoms. The SMILES string of the molecule is c1cc2c(cc1C1CNCCO1)CCOC2. The molecule has 0 radical (unpaired) electrons. The molecule has 0 saturated carbocycles. The smallest absolute Gasteiger partial charge is 0.0949 e. The van der Waals surface area contributed by atoms with E-state index in [9.17, 15) is 0 Å². The molecule has 0 spiro atoms. The Hall–Kier alpha value is -0.900. The zero-order valence-electron chi connectivity index (χ0n) is 9.37. The van der Waals surface area contributed by atoms with Gasteiger partial charge in [-0.2, -0.15) is 0 Å². The number of ether oxygens (including phenoxy) is 2. The first-order chi connectivity index (χ1) is 7.93. The van der Waals surface area contributed by atoms with Gasteiger partial charge >= 0.3 is 0 Å². The van der Waals surface area contributed by atoms with E-state index >= 15 is 0 Å². The Balaban J connectivity index is 1.84. The largest absolute Gasteiger partial charge is 0.376 e. The highest BCUT2D eigenvalue weighted by Gasteiger charge is 2.17.